The van der Waals surface area contributed by atoms with Gasteiger partial charge in [-0.15, -0.1) is 12.6 Å². The van der Waals surface area contributed by atoms with Gasteiger partial charge in [0.2, 0.25) is 0 Å². The lowest BCUT2D eigenvalue weighted by molar-refractivity contribution is 0.309. The highest BCUT2D eigenvalue weighted by molar-refractivity contribution is 7.80. The standard InChI is InChI=1S/C10H13ClOS/c1-2-3-6-12-10-5-4-8(13)7-9(10)11/h4-5,7,13H,2-3,6H2,1H3. The van der Waals surface area contributed by atoms with E-state index in [2.05, 4.69) is 19.6 Å². The van der Waals surface area contributed by atoms with Crippen molar-refractivity contribution in [1.29, 1.82) is 0 Å². The maximum absolute atomic E-state index is 5.93. The summed E-state index contributed by atoms with van der Waals surface area (Å²) in [6, 6.07) is 5.50. The van der Waals surface area contributed by atoms with Gasteiger partial charge in [0.25, 0.3) is 0 Å². The topological polar surface area (TPSA) is 9.23 Å². The van der Waals surface area contributed by atoms with Crippen LogP contribution in [0.15, 0.2) is 23.1 Å². The van der Waals surface area contributed by atoms with Gasteiger partial charge in [-0.05, 0) is 24.6 Å². The normalized spacial score (nSPS) is 10.1. The molecule has 0 aliphatic heterocycles. The molecule has 0 amide bonds. The monoisotopic (exact) mass is 216 g/mol. The molecular weight excluding hydrogens is 204 g/mol. The Hall–Kier alpha value is -0.340. The summed E-state index contributed by atoms with van der Waals surface area (Å²) in [5.74, 6) is 0.743. The fraction of sp³-hybridized carbons (Fsp3) is 0.400. The SMILES string of the molecule is CCCCOc1ccc(S)cc1Cl. The first-order chi connectivity index (χ1) is 6.24. The fourth-order valence-electron chi connectivity index (χ4n) is 0.933. The number of benzene rings is 1. The van der Waals surface area contributed by atoms with Crippen LogP contribution in [0.2, 0.25) is 5.02 Å². The van der Waals surface area contributed by atoms with Crippen molar-refractivity contribution in [3.63, 3.8) is 0 Å². The molecule has 0 saturated carbocycles. The zero-order valence-electron chi connectivity index (χ0n) is 7.59. The molecule has 1 nitrogen and oxygen atoms in total. The molecule has 13 heavy (non-hydrogen) atoms. The van der Waals surface area contributed by atoms with E-state index in [9.17, 15) is 0 Å². The Bertz CT molecular complexity index is 276. The number of thiol groups is 1. The molecule has 1 rings (SSSR count). The molecule has 1 aromatic carbocycles. The minimum Gasteiger partial charge on any atom is -0.492 e. The third kappa shape index (κ3) is 3.49. The molecule has 0 N–H and O–H groups in total. The third-order valence-corrected chi connectivity index (χ3v) is 2.24. The van der Waals surface area contributed by atoms with Crippen molar-refractivity contribution in [3.8, 4) is 5.75 Å². The third-order valence-electron chi connectivity index (χ3n) is 1.67. The summed E-state index contributed by atoms with van der Waals surface area (Å²) in [7, 11) is 0. The molecule has 72 valence electrons. The summed E-state index contributed by atoms with van der Waals surface area (Å²) < 4.78 is 5.47. The van der Waals surface area contributed by atoms with Crippen molar-refractivity contribution in [3.05, 3.63) is 23.2 Å². The molecule has 0 radical (unpaired) electrons. The van der Waals surface area contributed by atoms with Gasteiger partial charge >= 0.3 is 0 Å². The van der Waals surface area contributed by atoms with E-state index in [0.29, 0.717) is 5.02 Å². The van der Waals surface area contributed by atoms with E-state index in [0.717, 1.165) is 30.1 Å². The number of hydrogen-bond acceptors (Lipinski definition) is 2. The summed E-state index contributed by atoms with van der Waals surface area (Å²) in [4.78, 5) is 0.854. The fourth-order valence-corrected chi connectivity index (χ4v) is 1.45. The van der Waals surface area contributed by atoms with Crippen molar-refractivity contribution < 1.29 is 4.74 Å². The predicted octanol–water partition coefficient (Wildman–Crippen LogP) is 3.81. The number of hydrogen-bond donors (Lipinski definition) is 1. The van der Waals surface area contributed by atoms with Crippen LogP contribution in [-0.4, -0.2) is 6.61 Å². The Labute approximate surface area is 89.5 Å². The van der Waals surface area contributed by atoms with Gasteiger partial charge in [0.05, 0.1) is 11.6 Å². The van der Waals surface area contributed by atoms with E-state index in [4.69, 9.17) is 16.3 Å². The van der Waals surface area contributed by atoms with Gasteiger partial charge < -0.3 is 4.74 Å². The number of rotatable bonds is 4. The Balaban J connectivity index is 2.56. The van der Waals surface area contributed by atoms with Crippen LogP contribution in [0.25, 0.3) is 0 Å². The highest BCUT2D eigenvalue weighted by Gasteiger charge is 2.00. The number of halogens is 1. The maximum atomic E-state index is 5.93. The molecule has 0 saturated heterocycles. The number of ether oxygens (including phenoxy) is 1. The molecule has 0 aromatic heterocycles. The van der Waals surface area contributed by atoms with Crippen LogP contribution in [0.5, 0.6) is 5.75 Å². The quantitative estimate of drug-likeness (QED) is 0.595. The smallest absolute Gasteiger partial charge is 0.137 e. The molecule has 0 atom stereocenters. The highest BCUT2D eigenvalue weighted by Crippen LogP contribution is 2.26. The van der Waals surface area contributed by atoms with Crippen LogP contribution in [0, 0.1) is 0 Å². The number of unbranched alkanes of at least 4 members (excludes halogenated alkanes) is 1. The average Bonchev–Trinajstić information content (AvgIpc) is 2.09. The van der Waals surface area contributed by atoms with Crippen molar-refractivity contribution >= 4 is 24.2 Å². The second-order valence-corrected chi connectivity index (χ2v) is 3.74. The zero-order chi connectivity index (χ0) is 9.68. The minimum atomic E-state index is 0.628. The molecule has 0 fully saturated rings. The van der Waals surface area contributed by atoms with Gasteiger partial charge in [-0.1, -0.05) is 24.9 Å². The van der Waals surface area contributed by atoms with Crippen LogP contribution in [0.3, 0.4) is 0 Å². The van der Waals surface area contributed by atoms with Gasteiger partial charge in [-0.2, -0.15) is 0 Å². The molecule has 0 spiro atoms. The van der Waals surface area contributed by atoms with Crippen LogP contribution in [0.1, 0.15) is 19.8 Å². The van der Waals surface area contributed by atoms with Gasteiger partial charge in [0.15, 0.2) is 0 Å². The highest BCUT2D eigenvalue weighted by atomic mass is 35.5. The molecule has 0 unspecified atom stereocenters. The van der Waals surface area contributed by atoms with Crippen LogP contribution < -0.4 is 4.74 Å². The lowest BCUT2D eigenvalue weighted by Crippen LogP contribution is -1.96. The Kier molecular flexibility index (Phi) is 4.46. The first kappa shape index (κ1) is 10.7. The van der Waals surface area contributed by atoms with Crippen LogP contribution in [0.4, 0.5) is 0 Å². The van der Waals surface area contributed by atoms with Crippen LogP contribution >= 0.6 is 24.2 Å². The van der Waals surface area contributed by atoms with E-state index < -0.39 is 0 Å². The van der Waals surface area contributed by atoms with Crippen LogP contribution in [-0.2, 0) is 0 Å². The van der Waals surface area contributed by atoms with E-state index in [1.54, 1.807) is 6.07 Å². The molecular formula is C10H13ClOS. The van der Waals surface area contributed by atoms with Gasteiger partial charge in [0.1, 0.15) is 5.75 Å². The molecule has 1 aromatic rings. The van der Waals surface area contributed by atoms with E-state index in [1.807, 2.05) is 12.1 Å². The molecule has 0 aliphatic rings. The second-order valence-electron chi connectivity index (χ2n) is 2.82. The van der Waals surface area contributed by atoms with E-state index in [1.165, 1.54) is 0 Å². The molecule has 0 heterocycles. The average molecular weight is 217 g/mol. The molecule has 0 bridgehead atoms. The minimum absolute atomic E-state index is 0.628. The van der Waals surface area contributed by atoms with E-state index in [-0.39, 0.29) is 0 Å². The summed E-state index contributed by atoms with van der Waals surface area (Å²) in [6.45, 7) is 2.85. The Morgan fingerprint density at radius 2 is 2.23 bits per heavy atom. The lowest BCUT2D eigenvalue weighted by Gasteiger charge is -2.07. The summed E-state index contributed by atoms with van der Waals surface area (Å²) >= 11 is 10.1. The largest absolute Gasteiger partial charge is 0.492 e. The van der Waals surface area contributed by atoms with Gasteiger partial charge in [0, 0.05) is 4.90 Å². The Morgan fingerprint density at radius 3 is 2.85 bits per heavy atom. The first-order valence-electron chi connectivity index (χ1n) is 4.35. The van der Waals surface area contributed by atoms with Crippen molar-refractivity contribution in [2.24, 2.45) is 0 Å². The van der Waals surface area contributed by atoms with E-state index >= 15 is 0 Å². The predicted molar refractivity (Wildman–Crippen MR) is 59.1 cm³/mol. The van der Waals surface area contributed by atoms with Gasteiger partial charge in [-0.3, -0.25) is 0 Å². The summed E-state index contributed by atoms with van der Waals surface area (Å²) in [5.41, 5.74) is 0. The lowest BCUT2D eigenvalue weighted by atomic mass is 10.3. The first-order valence-corrected chi connectivity index (χ1v) is 5.18. The molecule has 3 heteroatoms. The zero-order valence-corrected chi connectivity index (χ0v) is 9.24. The van der Waals surface area contributed by atoms with Crippen molar-refractivity contribution in [1.82, 2.24) is 0 Å². The summed E-state index contributed by atoms with van der Waals surface area (Å²) in [6.07, 6.45) is 2.18. The van der Waals surface area contributed by atoms with Crippen molar-refractivity contribution in [2.75, 3.05) is 6.61 Å². The molecule has 0 aliphatic carbocycles. The Morgan fingerprint density at radius 1 is 1.46 bits per heavy atom. The summed E-state index contributed by atoms with van der Waals surface area (Å²) in [5, 5.41) is 0.628. The van der Waals surface area contributed by atoms with Gasteiger partial charge in [-0.25, -0.2) is 0 Å². The second kappa shape index (κ2) is 5.40. The van der Waals surface area contributed by atoms with Crippen molar-refractivity contribution in [2.45, 2.75) is 24.7 Å². The maximum Gasteiger partial charge on any atom is 0.137 e.